The van der Waals surface area contributed by atoms with Gasteiger partial charge in [-0.3, -0.25) is 0 Å². The van der Waals surface area contributed by atoms with Crippen LogP contribution in [0.4, 0.5) is 0 Å². The maximum atomic E-state index is 5.77. The van der Waals surface area contributed by atoms with E-state index in [-0.39, 0.29) is 0 Å². The van der Waals surface area contributed by atoms with E-state index in [1.54, 1.807) is 0 Å². The highest BCUT2D eigenvalue weighted by Crippen LogP contribution is 2.24. The van der Waals surface area contributed by atoms with Crippen LogP contribution in [0.3, 0.4) is 0 Å². The van der Waals surface area contributed by atoms with Gasteiger partial charge in [-0.2, -0.15) is 0 Å². The molecule has 0 unspecified atom stereocenters. The molecule has 2 rings (SSSR count). The molecule has 0 aliphatic carbocycles. The van der Waals surface area contributed by atoms with Crippen molar-refractivity contribution in [2.45, 2.75) is 12.8 Å². The Labute approximate surface area is 120 Å². The Morgan fingerprint density at radius 2 is 1.60 bits per heavy atom. The summed E-state index contributed by atoms with van der Waals surface area (Å²) in [6.07, 6.45) is 2.17. The summed E-state index contributed by atoms with van der Waals surface area (Å²) in [6.45, 7) is 1.76. The van der Waals surface area contributed by atoms with Crippen LogP contribution in [0, 0.1) is 0 Å². The van der Waals surface area contributed by atoms with Crippen LogP contribution in [0.25, 0.3) is 0 Å². The normalized spacial score (nSPS) is 10.2. The number of hydrogen-bond acceptors (Lipinski definition) is 3. The molecule has 0 fully saturated rings. The van der Waals surface area contributed by atoms with Gasteiger partial charge < -0.3 is 14.8 Å². The van der Waals surface area contributed by atoms with Gasteiger partial charge in [-0.05, 0) is 50.7 Å². The monoisotopic (exact) mass is 271 g/mol. The smallest absolute Gasteiger partial charge is 0.131 e. The van der Waals surface area contributed by atoms with Crippen molar-refractivity contribution in [2.24, 2.45) is 0 Å². The van der Waals surface area contributed by atoms with Crippen molar-refractivity contribution in [3.05, 3.63) is 54.6 Å². The Bertz CT molecular complexity index is 499. The van der Waals surface area contributed by atoms with E-state index in [9.17, 15) is 0 Å². The molecule has 1 N–H and O–H groups in total. The van der Waals surface area contributed by atoms with Crippen LogP contribution < -0.4 is 14.8 Å². The van der Waals surface area contributed by atoms with Gasteiger partial charge in [-0.25, -0.2) is 0 Å². The summed E-state index contributed by atoms with van der Waals surface area (Å²) < 4.78 is 11.5. The molecular weight excluding hydrogens is 250 g/mol. The minimum Gasteiger partial charge on any atom is -0.493 e. The fourth-order valence-corrected chi connectivity index (χ4v) is 1.85. The second-order valence-corrected chi connectivity index (χ2v) is 4.55. The van der Waals surface area contributed by atoms with E-state index in [0.717, 1.165) is 43.2 Å². The molecule has 0 bridgehead atoms. The molecular formula is C17H21NO2. The molecule has 2 aromatic carbocycles. The topological polar surface area (TPSA) is 30.5 Å². The highest BCUT2D eigenvalue weighted by Gasteiger charge is 1.99. The molecule has 0 aromatic heterocycles. The van der Waals surface area contributed by atoms with Gasteiger partial charge in [0.1, 0.15) is 17.2 Å². The molecule has 106 valence electrons. The third-order valence-electron chi connectivity index (χ3n) is 2.87. The number of nitrogens with one attached hydrogen (secondary N) is 1. The summed E-state index contributed by atoms with van der Waals surface area (Å²) in [6, 6.07) is 17.5. The molecule has 3 nitrogen and oxygen atoms in total. The number of para-hydroxylation sites is 1. The number of ether oxygens (including phenoxy) is 2. The van der Waals surface area contributed by atoms with Crippen LogP contribution >= 0.6 is 0 Å². The molecule has 2 aromatic rings. The van der Waals surface area contributed by atoms with E-state index in [0.29, 0.717) is 0 Å². The minimum absolute atomic E-state index is 0.733. The van der Waals surface area contributed by atoms with Crippen LogP contribution in [0.1, 0.15) is 12.8 Å². The Morgan fingerprint density at radius 3 is 2.40 bits per heavy atom. The Kier molecular flexibility index (Phi) is 5.93. The maximum absolute atomic E-state index is 5.77. The van der Waals surface area contributed by atoms with Gasteiger partial charge in [0.15, 0.2) is 0 Å². The quantitative estimate of drug-likeness (QED) is 0.740. The van der Waals surface area contributed by atoms with Crippen molar-refractivity contribution in [1.29, 1.82) is 0 Å². The van der Waals surface area contributed by atoms with Gasteiger partial charge in [0.05, 0.1) is 6.61 Å². The lowest BCUT2D eigenvalue weighted by atomic mass is 10.3. The molecule has 0 spiro atoms. The molecule has 0 saturated heterocycles. The lowest BCUT2D eigenvalue weighted by molar-refractivity contribution is 0.305. The Morgan fingerprint density at radius 1 is 0.850 bits per heavy atom. The molecule has 0 aliphatic heterocycles. The first-order chi connectivity index (χ1) is 9.88. The fraction of sp³-hybridized carbons (Fsp3) is 0.294. The first-order valence-corrected chi connectivity index (χ1v) is 6.99. The average molecular weight is 271 g/mol. The summed E-state index contributed by atoms with van der Waals surface area (Å²) in [7, 11) is 1.96. The van der Waals surface area contributed by atoms with Crippen molar-refractivity contribution in [1.82, 2.24) is 5.32 Å². The predicted molar refractivity (Wildman–Crippen MR) is 81.6 cm³/mol. The summed E-state index contributed by atoms with van der Waals surface area (Å²) in [5, 5.41) is 3.13. The van der Waals surface area contributed by atoms with Crippen molar-refractivity contribution < 1.29 is 9.47 Å². The van der Waals surface area contributed by atoms with E-state index >= 15 is 0 Å². The molecule has 0 amide bonds. The second-order valence-electron chi connectivity index (χ2n) is 4.55. The highest BCUT2D eigenvalue weighted by molar-refractivity contribution is 5.36. The fourth-order valence-electron chi connectivity index (χ4n) is 1.85. The van der Waals surface area contributed by atoms with E-state index < -0.39 is 0 Å². The Hall–Kier alpha value is -2.00. The lowest BCUT2D eigenvalue weighted by Gasteiger charge is -2.09. The maximum Gasteiger partial charge on any atom is 0.131 e. The van der Waals surface area contributed by atoms with Crippen LogP contribution in [0.15, 0.2) is 54.6 Å². The summed E-state index contributed by atoms with van der Waals surface area (Å²) in [5.41, 5.74) is 0. The first-order valence-electron chi connectivity index (χ1n) is 6.99. The van der Waals surface area contributed by atoms with Crippen LogP contribution in [0.2, 0.25) is 0 Å². The average Bonchev–Trinajstić information content (AvgIpc) is 2.48. The number of rotatable bonds is 8. The zero-order valence-corrected chi connectivity index (χ0v) is 11.8. The first kappa shape index (κ1) is 14.4. The molecule has 20 heavy (non-hydrogen) atoms. The van der Waals surface area contributed by atoms with Crippen molar-refractivity contribution in [3.8, 4) is 17.2 Å². The van der Waals surface area contributed by atoms with Gasteiger partial charge in [-0.1, -0.05) is 24.3 Å². The van der Waals surface area contributed by atoms with Crippen molar-refractivity contribution >= 4 is 0 Å². The number of benzene rings is 2. The van der Waals surface area contributed by atoms with Crippen LogP contribution in [-0.4, -0.2) is 20.2 Å². The van der Waals surface area contributed by atoms with Gasteiger partial charge in [0.2, 0.25) is 0 Å². The molecule has 3 heteroatoms. The second kappa shape index (κ2) is 8.23. The van der Waals surface area contributed by atoms with E-state index in [1.807, 2.05) is 61.6 Å². The van der Waals surface area contributed by atoms with Gasteiger partial charge >= 0.3 is 0 Å². The third-order valence-corrected chi connectivity index (χ3v) is 2.87. The Balaban J connectivity index is 1.84. The minimum atomic E-state index is 0.733. The van der Waals surface area contributed by atoms with Gasteiger partial charge in [-0.15, -0.1) is 0 Å². The van der Waals surface area contributed by atoms with Crippen LogP contribution in [0.5, 0.6) is 17.2 Å². The van der Waals surface area contributed by atoms with Crippen molar-refractivity contribution in [2.75, 3.05) is 20.2 Å². The van der Waals surface area contributed by atoms with Gasteiger partial charge in [0.25, 0.3) is 0 Å². The number of hydrogen-bond donors (Lipinski definition) is 1. The molecule has 0 aliphatic rings. The van der Waals surface area contributed by atoms with E-state index in [2.05, 4.69) is 5.32 Å². The SMILES string of the molecule is CNCCCCOc1cccc(Oc2ccccc2)c1. The summed E-state index contributed by atoms with van der Waals surface area (Å²) in [5.74, 6) is 2.48. The largest absolute Gasteiger partial charge is 0.493 e. The van der Waals surface area contributed by atoms with Crippen LogP contribution in [-0.2, 0) is 0 Å². The summed E-state index contributed by atoms with van der Waals surface area (Å²) in [4.78, 5) is 0. The van der Waals surface area contributed by atoms with Gasteiger partial charge in [0, 0.05) is 6.07 Å². The standard InChI is InChI=1S/C17H21NO2/c1-18-12-5-6-13-19-16-10-7-11-17(14-16)20-15-8-3-2-4-9-15/h2-4,7-11,14,18H,5-6,12-13H2,1H3. The lowest BCUT2D eigenvalue weighted by Crippen LogP contribution is -2.09. The number of unbranched alkanes of at least 4 members (excludes halogenated alkanes) is 1. The predicted octanol–water partition coefficient (Wildman–Crippen LogP) is 3.86. The zero-order chi connectivity index (χ0) is 14.0. The molecule has 0 saturated carbocycles. The zero-order valence-electron chi connectivity index (χ0n) is 11.8. The van der Waals surface area contributed by atoms with E-state index in [1.165, 1.54) is 0 Å². The van der Waals surface area contributed by atoms with Crippen molar-refractivity contribution in [3.63, 3.8) is 0 Å². The summed E-state index contributed by atoms with van der Waals surface area (Å²) >= 11 is 0. The molecule has 0 heterocycles. The molecule has 0 radical (unpaired) electrons. The molecule has 0 atom stereocenters. The third kappa shape index (κ3) is 4.94. The van der Waals surface area contributed by atoms with E-state index in [4.69, 9.17) is 9.47 Å². The highest BCUT2D eigenvalue weighted by atomic mass is 16.5.